The summed E-state index contributed by atoms with van der Waals surface area (Å²) in [5.74, 6) is 0. The van der Waals surface area contributed by atoms with Gasteiger partial charge in [-0.3, -0.25) is 4.98 Å². The highest BCUT2D eigenvalue weighted by atomic mass is 14.6. The van der Waals surface area contributed by atoms with Crippen molar-refractivity contribution >= 4 is 0 Å². The van der Waals surface area contributed by atoms with Gasteiger partial charge in [-0.2, -0.15) is 5.26 Å². The Kier molecular flexibility index (Phi) is 11.6. The number of pyridine rings is 1. The lowest BCUT2D eigenvalue weighted by Gasteiger charge is -1.87. The molecule has 0 unspecified atom stereocenters. The topological polar surface area (TPSA) is 36.7 Å². The molecule has 0 aromatic carbocycles. The maximum absolute atomic E-state index is 8.38. The molecule has 0 aliphatic rings. The molecule has 0 saturated heterocycles. The van der Waals surface area contributed by atoms with E-state index in [2.05, 4.69) is 4.98 Å². The predicted octanol–water partition coefficient (Wildman–Crippen LogP) is 3.31. The van der Waals surface area contributed by atoms with Crippen LogP contribution in [-0.4, -0.2) is 4.98 Å². The molecule has 13 heavy (non-hydrogen) atoms. The summed E-state index contributed by atoms with van der Waals surface area (Å²) in [5, 5.41) is 8.38. The lowest BCUT2D eigenvalue weighted by molar-refractivity contribution is 1.19. The molecule has 0 aliphatic carbocycles. The molecule has 1 aromatic rings. The second-order valence-corrected chi connectivity index (χ2v) is 1.80. The first-order valence-electron chi connectivity index (χ1n) is 4.65. The van der Waals surface area contributed by atoms with E-state index >= 15 is 0 Å². The molecule has 2 nitrogen and oxygen atoms in total. The Morgan fingerprint density at radius 3 is 2.08 bits per heavy atom. The molecule has 1 aromatic heterocycles. The Morgan fingerprint density at radius 1 is 1.23 bits per heavy atom. The van der Waals surface area contributed by atoms with Crippen LogP contribution in [0.4, 0.5) is 0 Å². The lowest BCUT2D eigenvalue weighted by atomic mass is 10.2. The minimum absolute atomic E-state index is 0.669. The van der Waals surface area contributed by atoms with Crippen LogP contribution < -0.4 is 0 Å². The highest BCUT2D eigenvalue weighted by molar-refractivity contribution is 5.27. The Hall–Kier alpha value is -1.36. The zero-order chi connectivity index (χ0) is 10.7. The van der Waals surface area contributed by atoms with Gasteiger partial charge in [0.2, 0.25) is 0 Å². The number of aromatic nitrogens is 1. The van der Waals surface area contributed by atoms with Crippen molar-refractivity contribution < 1.29 is 0 Å². The van der Waals surface area contributed by atoms with Crippen LogP contribution in [0.5, 0.6) is 0 Å². The summed E-state index contributed by atoms with van der Waals surface area (Å²) in [7, 11) is 0. The standard InChI is InChI=1S/C7H6N2.2C2H6/c1-6-4-7(5-8)2-3-9-6;2*1-2/h2-4H,1H3;2*1-2H3. The average molecular weight is 178 g/mol. The smallest absolute Gasteiger partial charge is 0.0992 e. The third-order valence-corrected chi connectivity index (χ3v) is 1.03. The fourth-order valence-electron chi connectivity index (χ4n) is 0.615. The largest absolute Gasteiger partial charge is 0.262 e. The van der Waals surface area contributed by atoms with Crippen LogP contribution >= 0.6 is 0 Å². The molecular weight excluding hydrogens is 160 g/mol. The summed E-state index contributed by atoms with van der Waals surface area (Å²) in [6.45, 7) is 9.86. The van der Waals surface area contributed by atoms with Gasteiger partial charge in [0, 0.05) is 11.9 Å². The first-order valence-corrected chi connectivity index (χ1v) is 4.65. The van der Waals surface area contributed by atoms with Crippen molar-refractivity contribution in [2.24, 2.45) is 0 Å². The van der Waals surface area contributed by atoms with Crippen molar-refractivity contribution in [3.05, 3.63) is 29.6 Å². The van der Waals surface area contributed by atoms with E-state index in [0.29, 0.717) is 5.56 Å². The van der Waals surface area contributed by atoms with Crippen molar-refractivity contribution in [1.82, 2.24) is 4.98 Å². The van der Waals surface area contributed by atoms with E-state index in [1.165, 1.54) is 0 Å². The van der Waals surface area contributed by atoms with Gasteiger partial charge in [-0.15, -0.1) is 0 Å². The van der Waals surface area contributed by atoms with Crippen molar-refractivity contribution in [2.75, 3.05) is 0 Å². The fourth-order valence-corrected chi connectivity index (χ4v) is 0.615. The maximum atomic E-state index is 8.38. The van der Waals surface area contributed by atoms with Gasteiger partial charge in [0.1, 0.15) is 0 Å². The van der Waals surface area contributed by atoms with E-state index in [1.54, 1.807) is 18.3 Å². The number of nitriles is 1. The number of rotatable bonds is 0. The van der Waals surface area contributed by atoms with Gasteiger partial charge in [-0.05, 0) is 19.1 Å². The molecule has 1 rings (SSSR count). The van der Waals surface area contributed by atoms with Crippen LogP contribution in [0.2, 0.25) is 0 Å². The van der Waals surface area contributed by atoms with Gasteiger partial charge in [0.05, 0.1) is 11.6 Å². The molecule has 0 aliphatic heterocycles. The molecule has 0 amide bonds. The fraction of sp³-hybridized carbons (Fsp3) is 0.455. The Bertz CT molecular complexity index is 249. The van der Waals surface area contributed by atoms with Gasteiger partial charge in [-0.25, -0.2) is 0 Å². The second kappa shape index (κ2) is 10.6. The predicted molar refractivity (Wildman–Crippen MR) is 56.4 cm³/mol. The van der Waals surface area contributed by atoms with Crippen molar-refractivity contribution in [3.63, 3.8) is 0 Å². The Morgan fingerprint density at radius 2 is 1.77 bits per heavy atom. The van der Waals surface area contributed by atoms with Gasteiger partial charge >= 0.3 is 0 Å². The molecule has 0 saturated carbocycles. The summed E-state index contributed by atoms with van der Waals surface area (Å²) in [5.41, 5.74) is 1.55. The average Bonchev–Trinajstić information content (AvgIpc) is 2.24. The van der Waals surface area contributed by atoms with Gasteiger partial charge in [-0.1, -0.05) is 27.7 Å². The quantitative estimate of drug-likeness (QED) is 0.611. The van der Waals surface area contributed by atoms with Gasteiger partial charge in [0.15, 0.2) is 0 Å². The molecule has 0 fully saturated rings. The molecule has 0 N–H and O–H groups in total. The zero-order valence-corrected chi connectivity index (χ0v) is 9.13. The van der Waals surface area contributed by atoms with Crippen LogP contribution in [0.25, 0.3) is 0 Å². The van der Waals surface area contributed by atoms with Crippen molar-refractivity contribution in [2.45, 2.75) is 34.6 Å². The lowest BCUT2D eigenvalue weighted by Crippen LogP contribution is -1.79. The van der Waals surface area contributed by atoms with E-state index in [9.17, 15) is 0 Å². The Labute approximate surface area is 81.2 Å². The minimum atomic E-state index is 0.669. The number of hydrogen-bond donors (Lipinski definition) is 0. The van der Waals surface area contributed by atoms with Crippen LogP contribution in [0.15, 0.2) is 18.3 Å². The van der Waals surface area contributed by atoms with Crippen LogP contribution in [-0.2, 0) is 0 Å². The molecule has 2 heteroatoms. The molecular formula is C11H18N2. The third-order valence-electron chi connectivity index (χ3n) is 1.03. The summed E-state index contributed by atoms with van der Waals surface area (Å²) in [6.07, 6.45) is 1.63. The van der Waals surface area contributed by atoms with E-state index in [-0.39, 0.29) is 0 Å². The zero-order valence-electron chi connectivity index (χ0n) is 9.13. The maximum Gasteiger partial charge on any atom is 0.0992 e. The molecule has 72 valence electrons. The third kappa shape index (κ3) is 7.02. The van der Waals surface area contributed by atoms with Crippen molar-refractivity contribution in [3.8, 4) is 6.07 Å². The van der Waals surface area contributed by atoms with Crippen LogP contribution in [0, 0.1) is 18.3 Å². The first kappa shape index (κ1) is 14.2. The number of aryl methyl sites for hydroxylation is 1. The minimum Gasteiger partial charge on any atom is -0.262 e. The summed E-state index contributed by atoms with van der Waals surface area (Å²) < 4.78 is 0. The van der Waals surface area contributed by atoms with Crippen LogP contribution in [0.3, 0.4) is 0 Å². The number of hydrogen-bond acceptors (Lipinski definition) is 2. The van der Waals surface area contributed by atoms with Crippen molar-refractivity contribution in [1.29, 1.82) is 5.26 Å². The molecule has 0 spiro atoms. The molecule has 0 bridgehead atoms. The monoisotopic (exact) mass is 178 g/mol. The van der Waals surface area contributed by atoms with E-state index in [1.807, 2.05) is 40.7 Å². The second-order valence-electron chi connectivity index (χ2n) is 1.80. The molecule has 1 heterocycles. The Balaban J connectivity index is 0. The highest BCUT2D eigenvalue weighted by Gasteiger charge is 1.87. The first-order chi connectivity index (χ1) is 6.33. The molecule has 0 radical (unpaired) electrons. The van der Waals surface area contributed by atoms with E-state index in [4.69, 9.17) is 5.26 Å². The summed E-state index contributed by atoms with van der Waals surface area (Å²) in [4.78, 5) is 3.94. The van der Waals surface area contributed by atoms with E-state index in [0.717, 1.165) is 5.69 Å². The van der Waals surface area contributed by atoms with Gasteiger partial charge in [0.25, 0.3) is 0 Å². The summed E-state index contributed by atoms with van der Waals surface area (Å²) in [6, 6.07) is 5.47. The normalized spacial score (nSPS) is 6.77. The SMILES string of the molecule is CC.CC.Cc1cc(C#N)ccn1. The molecule has 0 atom stereocenters. The van der Waals surface area contributed by atoms with Gasteiger partial charge < -0.3 is 0 Å². The van der Waals surface area contributed by atoms with Crippen LogP contribution in [0.1, 0.15) is 39.0 Å². The number of nitrogens with zero attached hydrogens (tertiary/aromatic N) is 2. The summed E-state index contributed by atoms with van der Waals surface area (Å²) >= 11 is 0. The van der Waals surface area contributed by atoms with E-state index < -0.39 is 0 Å². The highest BCUT2D eigenvalue weighted by Crippen LogP contribution is 1.96.